The van der Waals surface area contributed by atoms with E-state index >= 15 is 0 Å². The van der Waals surface area contributed by atoms with Gasteiger partial charge in [-0.15, -0.1) is 0 Å². The lowest BCUT2D eigenvalue weighted by Crippen LogP contribution is -2.31. The van der Waals surface area contributed by atoms with Crippen LogP contribution < -0.4 is 0 Å². The van der Waals surface area contributed by atoms with Crippen LogP contribution >= 0.6 is 0 Å². The Kier molecular flexibility index (Phi) is 6.94. The van der Waals surface area contributed by atoms with Gasteiger partial charge < -0.3 is 9.42 Å². The summed E-state index contributed by atoms with van der Waals surface area (Å²) in [7, 11) is 1.73. The zero-order valence-corrected chi connectivity index (χ0v) is 20.6. The monoisotopic (exact) mass is 493 g/mol. The van der Waals surface area contributed by atoms with Gasteiger partial charge in [0, 0.05) is 43.8 Å². The predicted molar refractivity (Wildman–Crippen MR) is 139 cm³/mol. The van der Waals surface area contributed by atoms with E-state index < -0.39 is 0 Å². The normalized spacial score (nSPS) is 12.6. The van der Waals surface area contributed by atoms with E-state index in [-0.39, 0.29) is 23.3 Å². The summed E-state index contributed by atoms with van der Waals surface area (Å²) in [5.74, 6) is -0.108. The molecule has 0 N–H and O–H groups in total. The summed E-state index contributed by atoms with van der Waals surface area (Å²) >= 11 is 0. The number of imide groups is 1. The molecule has 5 rings (SSSR count). The summed E-state index contributed by atoms with van der Waals surface area (Å²) in [4.78, 5) is 41.7. The third kappa shape index (κ3) is 5.21. The summed E-state index contributed by atoms with van der Waals surface area (Å²) in [6, 6.07) is 26.2. The molecule has 0 atom stereocenters. The number of hydrogen-bond acceptors (Lipinski definition) is 5. The molecule has 4 aromatic rings. The number of benzene rings is 3. The molecule has 0 saturated carbocycles. The largest absolute Gasteiger partial charge is 0.361 e. The number of nitrogens with zero attached hydrogens (tertiary/aromatic N) is 3. The van der Waals surface area contributed by atoms with Crippen LogP contribution in [0.25, 0.3) is 11.3 Å². The maximum atomic E-state index is 13.0. The van der Waals surface area contributed by atoms with Gasteiger partial charge in [0.05, 0.1) is 11.1 Å². The van der Waals surface area contributed by atoms with E-state index in [9.17, 15) is 14.4 Å². The van der Waals surface area contributed by atoms with E-state index in [0.29, 0.717) is 43.5 Å². The van der Waals surface area contributed by atoms with Crippen LogP contribution in [-0.4, -0.2) is 52.8 Å². The molecule has 0 aliphatic carbocycles. The van der Waals surface area contributed by atoms with Gasteiger partial charge in [0.2, 0.25) is 0 Å². The van der Waals surface area contributed by atoms with Gasteiger partial charge in [-0.3, -0.25) is 19.3 Å². The molecular weight excluding hydrogens is 466 g/mol. The summed E-state index contributed by atoms with van der Waals surface area (Å²) in [6.07, 6.45) is 1.92. The minimum Gasteiger partial charge on any atom is -0.361 e. The van der Waals surface area contributed by atoms with E-state index in [1.165, 1.54) is 4.90 Å². The third-order valence-electron chi connectivity index (χ3n) is 6.58. The molecule has 1 aromatic heterocycles. The van der Waals surface area contributed by atoms with Crippen LogP contribution in [0.15, 0.2) is 89.5 Å². The Hall–Kier alpha value is -4.52. The Morgan fingerprint density at radius 3 is 2.32 bits per heavy atom. The third-order valence-corrected chi connectivity index (χ3v) is 6.58. The van der Waals surface area contributed by atoms with Crippen molar-refractivity contribution in [1.29, 1.82) is 0 Å². The first-order chi connectivity index (χ1) is 18.0. The van der Waals surface area contributed by atoms with Gasteiger partial charge in [0.15, 0.2) is 0 Å². The highest BCUT2D eigenvalue weighted by molar-refractivity contribution is 6.22. The number of carbonyl (C=O) groups is 3. The van der Waals surface area contributed by atoms with Gasteiger partial charge >= 0.3 is 0 Å². The summed E-state index contributed by atoms with van der Waals surface area (Å²) < 4.78 is 5.45. The van der Waals surface area contributed by atoms with Crippen LogP contribution in [0.3, 0.4) is 0 Å². The minimum absolute atomic E-state index is 0.201. The second kappa shape index (κ2) is 10.6. The molecule has 1 aliphatic heterocycles. The lowest BCUT2D eigenvalue weighted by Gasteiger charge is -2.17. The molecular formula is C30H27N3O4. The van der Waals surface area contributed by atoms with Gasteiger partial charge in [-0.25, -0.2) is 0 Å². The Balaban J connectivity index is 1.18. The average molecular weight is 494 g/mol. The van der Waals surface area contributed by atoms with E-state index in [2.05, 4.69) is 5.16 Å². The first-order valence-corrected chi connectivity index (χ1v) is 12.3. The molecule has 1 aliphatic rings. The maximum Gasteiger partial charge on any atom is 0.261 e. The van der Waals surface area contributed by atoms with Crippen molar-refractivity contribution in [3.8, 4) is 11.3 Å². The Morgan fingerprint density at radius 1 is 0.865 bits per heavy atom. The van der Waals surface area contributed by atoms with Crippen molar-refractivity contribution in [3.05, 3.63) is 113 Å². The summed E-state index contributed by atoms with van der Waals surface area (Å²) in [5.41, 5.74) is 3.85. The fourth-order valence-electron chi connectivity index (χ4n) is 4.50. The molecule has 0 unspecified atom stereocenters. The van der Waals surface area contributed by atoms with Crippen LogP contribution in [0.4, 0.5) is 0 Å². The van der Waals surface area contributed by atoms with Crippen molar-refractivity contribution in [3.63, 3.8) is 0 Å². The fraction of sp³-hybridized carbons (Fsp3) is 0.200. The van der Waals surface area contributed by atoms with Gasteiger partial charge in [-0.2, -0.15) is 0 Å². The van der Waals surface area contributed by atoms with Crippen LogP contribution in [-0.2, 0) is 12.8 Å². The highest BCUT2D eigenvalue weighted by Gasteiger charge is 2.35. The number of amides is 3. The van der Waals surface area contributed by atoms with Crippen molar-refractivity contribution in [2.75, 3.05) is 20.1 Å². The molecule has 2 heterocycles. The van der Waals surface area contributed by atoms with E-state index in [1.807, 2.05) is 66.7 Å². The van der Waals surface area contributed by atoms with E-state index in [1.54, 1.807) is 30.1 Å². The molecule has 7 nitrogen and oxygen atoms in total. The smallest absolute Gasteiger partial charge is 0.261 e. The van der Waals surface area contributed by atoms with Gasteiger partial charge in [0.1, 0.15) is 11.5 Å². The fourth-order valence-corrected chi connectivity index (χ4v) is 4.50. The van der Waals surface area contributed by atoms with Gasteiger partial charge in [0.25, 0.3) is 17.7 Å². The second-order valence-corrected chi connectivity index (χ2v) is 9.13. The molecule has 3 aromatic carbocycles. The van der Waals surface area contributed by atoms with Crippen molar-refractivity contribution >= 4 is 17.7 Å². The van der Waals surface area contributed by atoms with Crippen LogP contribution in [0, 0.1) is 0 Å². The Labute approximate surface area is 215 Å². The summed E-state index contributed by atoms with van der Waals surface area (Å²) in [5, 5.41) is 4.13. The minimum atomic E-state index is -0.354. The van der Waals surface area contributed by atoms with E-state index in [0.717, 1.165) is 22.6 Å². The van der Waals surface area contributed by atoms with Gasteiger partial charge in [-0.05, 0) is 36.6 Å². The molecule has 37 heavy (non-hydrogen) atoms. The zero-order valence-electron chi connectivity index (χ0n) is 20.6. The number of fused-ring (bicyclic) bond motifs is 1. The number of rotatable bonds is 9. The quantitative estimate of drug-likeness (QED) is 0.310. The molecule has 0 saturated heterocycles. The number of aryl methyl sites for hydroxylation is 1. The lowest BCUT2D eigenvalue weighted by molar-refractivity contribution is 0.0655. The zero-order chi connectivity index (χ0) is 25.8. The average Bonchev–Trinajstić information content (AvgIpc) is 3.50. The van der Waals surface area contributed by atoms with Crippen molar-refractivity contribution in [2.24, 2.45) is 0 Å². The van der Waals surface area contributed by atoms with Crippen molar-refractivity contribution in [1.82, 2.24) is 15.0 Å². The van der Waals surface area contributed by atoms with Crippen LogP contribution in [0.1, 0.15) is 48.8 Å². The van der Waals surface area contributed by atoms with Crippen molar-refractivity contribution in [2.45, 2.75) is 19.3 Å². The number of hydrogen-bond donors (Lipinski definition) is 0. The Morgan fingerprint density at radius 2 is 1.57 bits per heavy atom. The SMILES string of the molecule is CN(CCCc1cc(-c2ccccc2)no1)C(=O)c1ccc2c(c1)C(=O)N(CCc1ccccc1)C2=O. The van der Waals surface area contributed by atoms with Crippen molar-refractivity contribution < 1.29 is 18.9 Å². The standard InChI is InChI=1S/C30H27N3O4/c1-32(17-8-13-24-20-27(31-37-24)22-11-6-3-7-12-22)28(34)23-14-15-25-26(19-23)30(36)33(29(25)35)18-16-21-9-4-2-5-10-21/h2-7,9-12,14-15,19-20H,8,13,16-18H2,1H3. The first-order valence-electron chi connectivity index (χ1n) is 12.3. The molecule has 7 heteroatoms. The van der Waals surface area contributed by atoms with Crippen LogP contribution in [0.2, 0.25) is 0 Å². The predicted octanol–water partition coefficient (Wildman–Crippen LogP) is 4.89. The van der Waals surface area contributed by atoms with Gasteiger partial charge in [-0.1, -0.05) is 65.8 Å². The second-order valence-electron chi connectivity index (χ2n) is 9.13. The molecule has 3 amide bonds. The maximum absolute atomic E-state index is 13.0. The number of aromatic nitrogens is 1. The number of carbonyl (C=O) groups excluding carboxylic acids is 3. The Bertz CT molecular complexity index is 1430. The molecule has 0 bridgehead atoms. The molecule has 0 spiro atoms. The van der Waals surface area contributed by atoms with E-state index in [4.69, 9.17) is 4.52 Å². The summed E-state index contributed by atoms with van der Waals surface area (Å²) in [6.45, 7) is 0.806. The highest BCUT2D eigenvalue weighted by Crippen LogP contribution is 2.25. The molecule has 0 radical (unpaired) electrons. The molecule has 186 valence electrons. The van der Waals surface area contributed by atoms with Crippen LogP contribution in [0.5, 0.6) is 0 Å². The lowest BCUT2D eigenvalue weighted by atomic mass is 10.0. The highest BCUT2D eigenvalue weighted by atomic mass is 16.5. The topological polar surface area (TPSA) is 83.7 Å². The first kappa shape index (κ1) is 24.2. The molecule has 0 fully saturated rings.